The van der Waals surface area contributed by atoms with E-state index in [1.807, 2.05) is 85.2 Å². The molecule has 0 bridgehead atoms. The Hall–Kier alpha value is -6.54. The van der Waals surface area contributed by atoms with Gasteiger partial charge in [0.2, 0.25) is 0 Å². The van der Waals surface area contributed by atoms with Gasteiger partial charge in [0.15, 0.2) is 23.0 Å². The molecule has 2 aliphatic heterocycles. The van der Waals surface area contributed by atoms with Crippen molar-refractivity contribution in [2.24, 2.45) is 0 Å². The third kappa shape index (κ3) is 3.55. The minimum atomic E-state index is 0.760. The average Bonchev–Trinajstić information content (AvgIpc) is 3.12. The molecule has 46 heavy (non-hydrogen) atoms. The van der Waals surface area contributed by atoms with E-state index in [-0.39, 0.29) is 0 Å². The molecule has 216 valence electrons. The van der Waals surface area contributed by atoms with Crippen LogP contribution < -0.4 is 19.3 Å². The Morgan fingerprint density at radius 3 is 1.09 bits per heavy atom. The van der Waals surface area contributed by atoms with Crippen LogP contribution in [0.5, 0.6) is 23.0 Å². The molecule has 3 aromatic heterocycles. The Labute approximate surface area is 262 Å². The largest absolute Gasteiger partial charge is 0.453 e. The van der Waals surface area contributed by atoms with Crippen molar-refractivity contribution in [3.63, 3.8) is 0 Å². The molecule has 0 unspecified atom stereocenters. The van der Waals surface area contributed by atoms with Crippen LogP contribution in [-0.4, -0.2) is 19.9 Å². The average molecular weight is 595 g/mol. The number of rotatable bonds is 2. The summed E-state index contributed by atoms with van der Waals surface area (Å²) in [6.07, 6.45) is 7.25. The van der Waals surface area contributed by atoms with Crippen molar-refractivity contribution >= 4 is 67.0 Å². The van der Waals surface area contributed by atoms with Crippen molar-refractivity contribution in [2.45, 2.75) is 0 Å². The van der Waals surface area contributed by atoms with Gasteiger partial charge in [-0.25, -0.2) is 0 Å². The molecule has 5 heterocycles. The monoisotopic (exact) mass is 594 g/mol. The topological polar surface area (TPSA) is 76.5 Å². The van der Waals surface area contributed by atoms with Gasteiger partial charge in [0.05, 0.1) is 68.6 Å². The van der Waals surface area contributed by atoms with Crippen LogP contribution in [0.15, 0.2) is 134 Å². The van der Waals surface area contributed by atoms with Crippen molar-refractivity contribution in [2.75, 3.05) is 9.80 Å². The summed E-state index contributed by atoms with van der Waals surface area (Å²) >= 11 is 0. The third-order valence-electron chi connectivity index (χ3n) is 8.56. The Morgan fingerprint density at radius 1 is 0.391 bits per heavy atom. The molecule has 0 spiro atoms. The van der Waals surface area contributed by atoms with E-state index in [9.17, 15) is 0 Å². The molecule has 0 fully saturated rings. The molecule has 8 nitrogen and oxygen atoms in total. The molecule has 10 rings (SSSR count). The molecule has 0 saturated heterocycles. The van der Waals surface area contributed by atoms with Crippen LogP contribution in [0.1, 0.15) is 0 Å². The van der Waals surface area contributed by atoms with Gasteiger partial charge in [-0.2, -0.15) is 0 Å². The Bertz CT molecular complexity index is 2250. The lowest BCUT2D eigenvalue weighted by molar-refractivity contribution is 0.476. The number of hydrogen-bond donors (Lipinski definition) is 0. The number of anilines is 6. The van der Waals surface area contributed by atoms with Gasteiger partial charge < -0.3 is 19.3 Å². The molecule has 2 aliphatic rings. The number of para-hydroxylation sites is 8. The number of hydrogen-bond acceptors (Lipinski definition) is 8. The van der Waals surface area contributed by atoms with Crippen LogP contribution in [0.3, 0.4) is 0 Å². The van der Waals surface area contributed by atoms with Crippen molar-refractivity contribution in [3.05, 3.63) is 134 Å². The summed E-state index contributed by atoms with van der Waals surface area (Å²) in [5, 5.41) is 1.74. The van der Waals surface area contributed by atoms with Crippen molar-refractivity contribution in [3.8, 4) is 23.0 Å². The smallest absolute Gasteiger partial charge is 0.151 e. The van der Waals surface area contributed by atoms with E-state index in [0.717, 1.165) is 90.0 Å². The summed E-state index contributed by atoms with van der Waals surface area (Å²) in [5.74, 6) is 3.13. The fourth-order valence-electron chi connectivity index (χ4n) is 6.59. The van der Waals surface area contributed by atoms with Crippen LogP contribution in [0.25, 0.3) is 32.8 Å². The molecular formula is C38H22N6O2. The standard InChI is InChI=1S/C38H22N6O2/c1-5-13-31-27(9-1)43(28-10-2-6-14-32(28)45-31)23-19-25-35-36(40-18-17-39-35)26-20-24(22-42-38(26)37(25)41-21-23)44-29-11-3-7-15-33(29)46-34-16-8-4-12-30(34)44/h1-22H. The Morgan fingerprint density at radius 2 is 0.717 bits per heavy atom. The second-order valence-corrected chi connectivity index (χ2v) is 11.2. The van der Waals surface area contributed by atoms with E-state index in [2.05, 4.69) is 46.2 Å². The lowest BCUT2D eigenvalue weighted by Gasteiger charge is -2.33. The third-order valence-corrected chi connectivity index (χ3v) is 8.56. The fraction of sp³-hybridized carbons (Fsp3) is 0. The second-order valence-electron chi connectivity index (χ2n) is 11.2. The van der Waals surface area contributed by atoms with E-state index in [1.165, 1.54) is 0 Å². The maximum absolute atomic E-state index is 6.24. The zero-order valence-electron chi connectivity index (χ0n) is 24.2. The number of pyridine rings is 2. The summed E-state index contributed by atoms with van der Waals surface area (Å²) in [5.41, 5.74) is 8.57. The molecule has 0 amide bonds. The summed E-state index contributed by atoms with van der Waals surface area (Å²) in [4.78, 5) is 24.1. The second kappa shape index (κ2) is 9.48. The molecule has 5 aromatic carbocycles. The highest BCUT2D eigenvalue weighted by Crippen LogP contribution is 2.52. The van der Waals surface area contributed by atoms with Gasteiger partial charge in [-0.1, -0.05) is 48.5 Å². The van der Waals surface area contributed by atoms with E-state index < -0.39 is 0 Å². The van der Waals surface area contributed by atoms with Gasteiger partial charge in [-0.3, -0.25) is 19.9 Å². The summed E-state index contributed by atoms with van der Waals surface area (Å²) < 4.78 is 12.5. The van der Waals surface area contributed by atoms with Crippen LogP contribution in [0, 0.1) is 0 Å². The first kappa shape index (κ1) is 24.9. The molecule has 8 aromatic rings. The SMILES string of the molecule is c1ccc2c(c1)Oc1ccccc1N2c1cnc2c(c1)c1nccnc1c1cc(N3c4ccccc4Oc4ccccc43)cnc12. The number of benzene rings is 5. The lowest BCUT2D eigenvalue weighted by atomic mass is 10.0. The van der Waals surface area contributed by atoms with Crippen molar-refractivity contribution < 1.29 is 9.47 Å². The van der Waals surface area contributed by atoms with Gasteiger partial charge in [-0.05, 0) is 60.7 Å². The highest BCUT2D eigenvalue weighted by Gasteiger charge is 2.28. The zero-order valence-corrected chi connectivity index (χ0v) is 24.2. The van der Waals surface area contributed by atoms with Gasteiger partial charge in [0.25, 0.3) is 0 Å². The van der Waals surface area contributed by atoms with E-state index in [0.29, 0.717) is 0 Å². The highest BCUT2D eigenvalue weighted by atomic mass is 16.5. The molecule has 0 saturated carbocycles. The summed E-state index contributed by atoms with van der Waals surface area (Å²) in [7, 11) is 0. The first-order valence-corrected chi connectivity index (χ1v) is 15.0. The van der Waals surface area contributed by atoms with E-state index >= 15 is 0 Å². The maximum atomic E-state index is 6.24. The van der Waals surface area contributed by atoms with Gasteiger partial charge in [0.1, 0.15) is 0 Å². The molecule has 0 atom stereocenters. The predicted octanol–water partition coefficient (Wildman–Crippen LogP) is 9.88. The van der Waals surface area contributed by atoms with Gasteiger partial charge in [-0.15, -0.1) is 0 Å². The molecule has 0 radical (unpaired) electrons. The minimum Gasteiger partial charge on any atom is -0.453 e. The Balaban J connectivity index is 1.20. The maximum Gasteiger partial charge on any atom is 0.151 e. The Kier molecular flexibility index (Phi) is 5.12. The zero-order chi connectivity index (χ0) is 30.2. The molecular weight excluding hydrogens is 572 g/mol. The van der Waals surface area contributed by atoms with Gasteiger partial charge >= 0.3 is 0 Å². The number of aromatic nitrogens is 4. The molecule has 0 N–H and O–H groups in total. The van der Waals surface area contributed by atoms with E-state index in [1.54, 1.807) is 12.4 Å². The highest BCUT2D eigenvalue weighted by molar-refractivity contribution is 6.21. The van der Waals surface area contributed by atoms with Crippen molar-refractivity contribution in [1.82, 2.24) is 19.9 Å². The summed E-state index contributed by atoms with van der Waals surface area (Å²) in [6.45, 7) is 0. The number of fused-ring (bicyclic) bond motifs is 10. The normalized spacial score (nSPS) is 13.0. The van der Waals surface area contributed by atoms with Crippen LogP contribution in [0.2, 0.25) is 0 Å². The van der Waals surface area contributed by atoms with Gasteiger partial charge in [0, 0.05) is 23.2 Å². The summed E-state index contributed by atoms with van der Waals surface area (Å²) in [6, 6.07) is 36.4. The number of nitrogens with zero attached hydrogens (tertiary/aromatic N) is 6. The van der Waals surface area contributed by atoms with Crippen LogP contribution in [-0.2, 0) is 0 Å². The lowest BCUT2D eigenvalue weighted by Crippen LogP contribution is -2.16. The fourth-order valence-corrected chi connectivity index (χ4v) is 6.59. The number of ether oxygens (including phenoxy) is 2. The first-order chi connectivity index (χ1) is 22.8. The van der Waals surface area contributed by atoms with E-state index in [4.69, 9.17) is 29.4 Å². The quantitative estimate of drug-likeness (QED) is 0.183. The van der Waals surface area contributed by atoms with Crippen LogP contribution >= 0.6 is 0 Å². The molecule has 8 heteroatoms. The molecule has 0 aliphatic carbocycles. The first-order valence-electron chi connectivity index (χ1n) is 15.0. The van der Waals surface area contributed by atoms with Crippen molar-refractivity contribution in [1.29, 1.82) is 0 Å². The predicted molar refractivity (Wildman–Crippen MR) is 180 cm³/mol. The minimum absolute atomic E-state index is 0.760. The van der Waals surface area contributed by atoms with Crippen LogP contribution in [0.4, 0.5) is 34.1 Å².